The maximum absolute atomic E-state index is 12.9. The molecule has 0 spiro atoms. The molecule has 5 heteroatoms. The van der Waals surface area contributed by atoms with Crippen LogP contribution in [-0.4, -0.2) is 36.0 Å². The molecule has 4 nitrogen and oxygen atoms in total. The molecule has 1 aliphatic heterocycles. The van der Waals surface area contributed by atoms with Gasteiger partial charge in [-0.15, -0.1) is 0 Å². The molecule has 2 aliphatic rings. The van der Waals surface area contributed by atoms with E-state index in [4.69, 9.17) is 10.5 Å². The molecule has 1 saturated carbocycles. The Labute approximate surface area is 130 Å². The normalized spacial score (nSPS) is 26.2. The van der Waals surface area contributed by atoms with E-state index >= 15 is 0 Å². The highest BCUT2D eigenvalue weighted by Gasteiger charge is 2.34. The van der Waals surface area contributed by atoms with E-state index < -0.39 is 0 Å². The van der Waals surface area contributed by atoms with Gasteiger partial charge in [0.1, 0.15) is 17.7 Å². The van der Waals surface area contributed by atoms with Crippen LogP contribution in [0.3, 0.4) is 0 Å². The van der Waals surface area contributed by atoms with Gasteiger partial charge in [0, 0.05) is 32.0 Å². The molecular formula is C17H23FN2O2. The van der Waals surface area contributed by atoms with E-state index in [0.29, 0.717) is 18.8 Å². The standard InChI is InChI=1S/C17H23FN2O2/c18-12-4-6-13(7-5-12)22-14-8-10-20(11-9-14)17(21)15-2-1-3-16(15)19/h4-7,14-16H,1-3,8-11,19H2/t15-,16+/m1/s1. The molecule has 0 radical (unpaired) electrons. The van der Waals surface area contributed by atoms with Crippen LogP contribution in [0, 0.1) is 11.7 Å². The second kappa shape index (κ2) is 6.65. The fourth-order valence-electron chi connectivity index (χ4n) is 3.43. The summed E-state index contributed by atoms with van der Waals surface area (Å²) in [5.74, 6) is 0.643. The predicted molar refractivity (Wildman–Crippen MR) is 81.9 cm³/mol. The zero-order chi connectivity index (χ0) is 15.5. The van der Waals surface area contributed by atoms with Crippen molar-refractivity contribution in [1.29, 1.82) is 0 Å². The SMILES string of the molecule is N[C@H]1CCC[C@H]1C(=O)N1CCC(Oc2ccc(F)cc2)CC1. The Morgan fingerprint density at radius 2 is 1.82 bits per heavy atom. The number of amides is 1. The van der Waals surface area contributed by atoms with Gasteiger partial charge >= 0.3 is 0 Å². The number of ether oxygens (including phenoxy) is 1. The highest BCUT2D eigenvalue weighted by atomic mass is 19.1. The lowest BCUT2D eigenvalue weighted by Crippen LogP contribution is -2.47. The maximum Gasteiger partial charge on any atom is 0.227 e. The molecule has 0 bridgehead atoms. The number of benzene rings is 1. The monoisotopic (exact) mass is 306 g/mol. The molecule has 1 amide bonds. The fraction of sp³-hybridized carbons (Fsp3) is 0.588. The number of likely N-dealkylation sites (tertiary alicyclic amines) is 1. The third kappa shape index (κ3) is 3.40. The molecule has 0 unspecified atom stereocenters. The highest BCUT2D eigenvalue weighted by molar-refractivity contribution is 5.80. The van der Waals surface area contributed by atoms with Crippen molar-refractivity contribution < 1.29 is 13.9 Å². The van der Waals surface area contributed by atoms with E-state index in [9.17, 15) is 9.18 Å². The molecule has 1 aromatic rings. The molecule has 3 rings (SSSR count). The zero-order valence-corrected chi connectivity index (χ0v) is 12.7. The first-order valence-electron chi connectivity index (χ1n) is 8.10. The third-order valence-corrected chi connectivity index (χ3v) is 4.76. The molecule has 2 atom stereocenters. The van der Waals surface area contributed by atoms with Crippen molar-refractivity contribution in [3.63, 3.8) is 0 Å². The molecule has 1 heterocycles. The van der Waals surface area contributed by atoms with E-state index in [2.05, 4.69) is 0 Å². The number of halogens is 1. The van der Waals surface area contributed by atoms with Gasteiger partial charge in [-0.2, -0.15) is 0 Å². The van der Waals surface area contributed by atoms with Gasteiger partial charge < -0.3 is 15.4 Å². The van der Waals surface area contributed by atoms with E-state index in [1.165, 1.54) is 12.1 Å². The van der Waals surface area contributed by atoms with E-state index in [1.807, 2.05) is 4.90 Å². The average molecular weight is 306 g/mol. The minimum absolute atomic E-state index is 0.00886. The quantitative estimate of drug-likeness (QED) is 0.932. The molecule has 2 fully saturated rings. The molecule has 1 aliphatic carbocycles. The van der Waals surface area contributed by atoms with Crippen molar-refractivity contribution in [2.24, 2.45) is 11.7 Å². The number of nitrogens with two attached hydrogens (primary N) is 1. The summed E-state index contributed by atoms with van der Waals surface area (Å²) in [7, 11) is 0. The second-order valence-corrected chi connectivity index (χ2v) is 6.30. The molecular weight excluding hydrogens is 283 g/mol. The van der Waals surface area contributed by atoms with Crippen LogP contribution in [0.1, 0.15) is 32.1 Å². The van der Waals surface area contributed by atoms with Crippen LogP contribution < -0.4 is 10.5 Å². The van der Waals surface area contributed by atoms with Crippen LogP contribution >= 0.6 is 0 Å². The Kier molecular flexibility index (Phi) is 4.62. The minimum atomic E-state index is -0.263. The number of piperidine rings is 1. The van der Waals surface area contributed by atoms with Crippen molar-refractivity contribution in [2.45, 2.75) is 44.2 Å². The molecule has 2 N–H and O–H groups in total. The number of hydrogen-bond acceptors (Lipinski definition) is 3. The lowest BCUT2D eigenvalue weighted by molar-refractivity contribution is -0.137. The van der Waals surface area contributed by atoms with Crippen molar-refractivity contribution in [2.75, 3.05) is 13.1 Å². The van der Waals surface area contributed by atoms with Crippen molar-refractivity contribution in [3.05, 3.63) is 30.1 Å². The first-order valence-corrected chi connectivity index (χ1v) is 8.10. The van der Waals surface area contributed by atoms with E-state index in [1.54, 1.807) is 12.1 Å². The molecule has 1 aromatic carbocycles. The summed E-state index contributed by atoms with van der Waals surface area (Å²) in [6.07, 6.45) is 4.65. The van der Waals surface area contributed by atoms with Crippen LogP contribution in [0.5, 0.6) is 5.75 Å². The summed E-state index contributed by atoms with van der Waals surface area (Å²) in [5.41, 5.74) is 6.03. The van der Waals surface area contributed by atoms with Crippen molar-refractivity contribution in [3.8, 4) is 5.75 Å². The number of carbonyl (C=O) groups is 1. The summed E-state index contributed by atoms with van der Waals surface area (Å²) >= 11 is 0. The van der Waals surface area contributed by atoms with Gasteiger partial charge in [0.25, 0.3) is 0 Å². The zero-order valence-electron chi connectivity index (χ0n) is 12.7. The number of rotatable bonds is 3. The Morgan fingerprint density at radius 3 is 2.41 bits per heavy atom. The van der Waals surface area contributed by atoms with Crippen LogP contribution in [0.2, 0.25) is 0 Å². The number of carbonyl (C=O) groups excluding carboxylic acids is 1. The van der Waals surface area contributed by atoms with Gasteiger partial charge in [-0.25, -0.2) is 4.39 Å². The van der Waals surface area contributed by atoms with Gasteiger partial charge in [-0.1, -0.05) is 6.42 Å². The first kappa shape index (κ1) is 15.3. The van der Waals surface area contributed by atoms with Crippen molar-refractivity contribution >= 4 is 5.91 Å². The van der Waals surface area contributed by atoms with Gasteiger partial charge in [0.15, 0.2) is 0 Å². The van der Waals surface area contributed by atoms with Gasteiger partial charge in [-0.05, 0) is 37.1 Å². The second-order valence-electron chi connectivity index (χ2n) is 6.30. The Hall–Kier alpha value is -1.62. The number of hydrogen-bond donors (Lipinski definition) is 1. The Bertz CT molecular complexity index is 512. The average Bonchev–Trinajstić information content (AvgIpc) is 2.96. The summed E-state index contributed by atoms with van der Waals surface area (Å²) in [4.78, 5) is 14.4. The maximum atomic E-state index is 12.9. The van der Waals surface area contributed by atoms with Crippen LogP contribution in [0.25, 0.3) is 0 Å². The lowest BCUT2D eigenvalue weighted by atomic mass is 10.00. The first-order chi connectivity index (χ1) is 10.6. The highest BCUT2D eigenvalue weighted by Crippen LogP contribution is 2.27. The van der Waals surface area contributed by atoms with Crippen LogP contribution in [0.4, 0.5) is 4.39 Å². The van der Waals surface area contributed by atoms with Gasteiger partial charge in [0.05, 0.1) is 5.92 Å². The minimum Gasteiger partial charge on any atom is -0.490 e. The van der Waals surface area contributed by atoms with Crippen LogP contribution in [0.15, 0.2) is 24.3 Å². The molecule has 1 saturated heterocycles. The summed E-state index contributed by atoms with van der Waals surface area (Å²) in [6, 6.07) is 6.11. The number of nitrogens with zero attached hydrogens (tertiary/aromatic N) is 1. The van der Waals surface area contributed by atoms with Crippen molar-refractivity contribution in [1.82, 2.24) is 4.90 Å². The largest absolute Gasteiger partial charge is 0.490 e. The topological polar surface area (TPSA) is 55.6 Å². The van der Waals surface area contributed by atoms with Crippen LogP contribution in [-0.2, 0) is 4.79 Å². The molecule has 120 valence electrons. The smallest absolute Gasteiger partial charge is 0.227 e. The fourth-order valence-corrected chi connectivity index (χ4v) is 3.43. The third-order valence-electron chi connectivity index (χ3n) is 4.76. The predicted octanol–water partition coefficient (Wildman–Crippen LogP) is 2.32. The lowest BCUT2D eigenvalue weighted by Gasteiger charge is -2.34. The molecule has 22 heavy (non-hydrogen) atoms. The summed E-state index contributed by atoms with van der Waals surface area (Å²) in [5, 5.41) is 0. The van der Waals surface area contributed by atoms with E-state index in [-0.39, 0.29) is 29.8 Å². The summed E-state index contributed by atoms with van der Waals surface area (Å²) < 4.78 is 18.7. The Morgan fingerprint density at radius 1 is 1.14 bits per heavy atom. The Balaban J connectivity index is 1.49. The summed E-state index contributed by atoms with van der Waals surface area (Å²) in [6.45, 7) is 1.43. The molecule has 0 aromatic heterocycles. The van der Waals surface area contributed by atoms with E-state index in [0.717, 1.165) is 32.1 Å². The van der Waals surface area contributed by atoms with Gasteiger partial charge in [0.2, 0.25) is 5.91 Å². The van der Waals surface area contributed by atoms with Gasteiger partial charge in [-0.3, -0.25) is 4.79 Å².